The molecule has 0 atom stereocenters. The lowest BCUT2D eigenvalue weighted by atomic mass is 9.90. The average Bonchev–Trinajstić information content (AvgIpc) is 2.64. The van der Waals surface area contributed by atoms with E-state index >= 15 is 0 Å². The molecule has 2 aliphatic carbocycles. The van der Waals surface area contributed by atoms with Crippen LogP contribution in [0.25, 0.3) is 11.1 Å². The Kier molecular flexibility index (Phi) is 2.91. The largest absolute Gasteiger partial charge is 0.294 e. The topological polar surface area (TPSA) is 30.0 Å². The molecule has 0 amide bonds. The molecule has 2 aromatic rings. The van der Waals surface area contributed by atoms with Gasteiger partial charge in [0, 0.05) is 23.2 Å². The molecule has 0 radical (unpaired) electrons. The van der Waals surface area contributed by atoms with Crippen molar-refractivity contribution in [2.24, 2.45) is 0 Å². The lowest BCUT2D eigenvalue weighted by Gasteiger charge is -2.18. The SMILES string of the molecule is Cc1ccc2c(c1)CCCc1nc3c(cc1-2)C(=O)CCC3. The van der Waals surface area contributed by atoms with Gasteiger partial charge in [0.05, 0.1) is 5.69 Å². The number of carbonyl (C=O) groups excluding carboxylic acids is 1. The molecule has 0 unspecified atom stereocenters. The number of rotatable bonds is 0. The predicted octanol–water partition coefficient (Wildman–Crippen LogP) is 4.06. The van der Waals surface area contributed by atoms with Gasteiger partial charge in [-0.05, 0) is 56.2 Å². The second-order valence-corrected chi connectivity index (χ2v) is 6.27. The number of fused-ring (bicyclic) bond motifs is 4. The van der Waals surface area contributed by atoms with Crippen LogP contribution in [0.3, 0.4) is 0 Å². The highest BCUT2D eigenvalue weighted by atomic mass is 16.1. The van der Waals surface area contributed by atoms with Crippen LogP contribution in [0.1, 0.15) is 52.1 Å². The van der Waals surface area contributed by atoms with E-state index in [4.69, 9.17) is 4.98 Å². The standard InChI is InChI=1S/C19H19NO/c1-12-8-9-14-13(10-12)4-2-5-17-15(14)11-16-18(20-17)6-3-7-19(16)21/h8-11H,2-7H2,1H3. The summed E-state index contributed by atoms with van der Waals surface area (Å²) >= 11 is 0. The van der Waals surface area contributed by atoms with Crippen molar-refractivity contribution in [3.63, 3.8) is 0 Å². The zero-order chi connectivity index (χ0) is 14.4. The van der Waals surface area contributed by atoms with Crippen LogP contribution < -0.4 is 0 Å². The van der Waals surface area contributed by atoms with Crippen LogP contribution in [0, 0.1) is 6.92 Å². The van der Waals surface area contributed by atoms with E-state index < -0.39 is 0 Å². The summed E-state index contributed by atoms with van der Waals surface area (Å²) in [5.74, 6) is 0.268. The summed E-state index contributed by atoms with van der Waals surface area (Å²) in [4.78, 5) is 17.0. The van der Waals surface area contributed by atoms with E-state index in [1.165, 1.54) is 27.9 Å². The first-order chi connectivity index (χ1) is 10.2. The lowest BCUT2D eigenvalue weighted by molar-refractivity contribution is 0.0971. The molecule has 0 saturated heterocycles. The third-order valence-corrected chi connectivity index (χ3v) is 4.71. The number of carbonyl (C=O) groups is 1. The van der Waals surface area contributed by atoms with Gasteiger partial charge in [-0.1, -0.05) is 23.8 Å². The van der Waals surface area contributed by atoms with E-state index in [1.54, 1.807) is 0 Å². The highest BCUT2D eigenvalue weighted by molar-refractivity contribution is 5.99. The number of pyridine rings is 1. The minimum atomic E-state index is 0.268. The zero-order valence-corrected chi connectivity index (χ0v) is 12.4. The molecule has 2 nitrogen and oxygen atoms in total. The van der Waals surface area contributed by atoms with Gasteiger partial charge >= 0.3 is 0 Å². The first-order valence-electron chi connectivity index (χ1n) is 7.88. The predicted molar refractivity (Wildman–Crippen MR) is 83.7 cm³/mol. The normalized spacial score (nSPS) is 16.7. The summed E-state index contributed by atoms with van der Waals surface area (Å²) < 4.78 is 0. The number of benzene rings is 1. The van der Waals surface area contributed by atoms with Crippen molar-refractivity contribution < 1.29 is 4.79 Å². The first-order valence-corrected chi connectivity index (χ1v) is 7.88. The quantitative estimate of drug-likeness (QED) is 0.726. The van der Waals surface area contributed by atoms with Crippen LogP contribution in [0.5, 0.6) is 0 Å². The molecule has 0 bridgehead atoms. The Morgan fingerprint density at radius 1 is 0.857 bits per heavy atom. The van der Waals surface area contributed by atoms with Gasteiger partial charge in [0.15, 0.2) is 5.78 Å². The number of aryl methyl sites for hydroxylation is 4. The second-order valence-electron chi connectivity index (χ2n) is 6.27. The minimum absolute atomic E-state index is 0.268. The van der Waals surface area contributed by atoms with Crippen molar-refractivity contribution in [2.45, 2.75) is 45.4 Å². The average molecular weight is 277 g/mol. The fourth-order valence-corrected chi connectivity index (χ4v) is 3.64. The lowest BCUT2D eigenvalue weighted by Crippen LogP contribution is -2.14. The Labute approximate surface area is 125 Å². The van der Waals surface area contributed by atoms with Gasteiger partial charge in [-0.3, -0.25) is 9.78 Å². The maximum Gasteiger partial charge on any atom is 0.164 e. The number of nitrogens with zero attached hydrogens (tertiary/aromatic N) is 1. The van der Waals surface area contributed by atoms with Gasteiger partial charge in [-0.2, -0.15) is 0 Å². The van der Waals surface area contributed by atoms with Crippen LogP contribution in [-0.4, -0.2) is 10.8 Å². The third kappa shape index (κ3) is 2.10. The molecule has 106 valence electrons. The molecule has 0 saturated carbocycles. The Hall–Kier alpha value is -1.96. The highest BCUT2D eigenvalue weighted by Crippen LogP contribution is 2.35. The van der Waals surface area contributed by atoms with Crippen molar-refractivity contribution in [1.82, 2.24) is 4.98 Å². The van der Waals surface area contributed by atoms with Crippen molar-refractivity contribution >= 4 is 5.78 Å². The minimum Gasteiger partial charge on any atom is -0.294 e. The van der Waals surface area contributed by atoms with Crippen LogP contribution in [-0.2, 0) is 19.3 Å². The van der Waals surface area contributed by atoms with Crippen LogP contribution in [0.2, 0.25) is 0 Å². The summed E-state index contributed by atoms with van der Waals surface area (Å²) in [5, 5.41) is 0. The molecule has 21 heavy (non-hydrogen) atoms. The molecule has 1 aromatic carbocycles. The maximum absolute atomic E-state index is 12.2. The third-order valence-electron chi connectivity index (χ3n) is 4.71. The van der Waals surface area contributed by atoms with Crippen molar-refractivity contribution in [3.8, 4) is 11.1 Å². The van der Waals surface area contributed by atoms with Gasteiger partial charge in [0.25, 0.3) is 0 Å². The fourth-order valence-electron chi connectivity index (χ4n) is 3.64. The summed E-state index contributed by atoms with van der Waals surface area (Å²) in [6.45, 7) is 2.14. The van der Waals surface area contributed by atoms with E-state index in [0.717, 1.165) is 43.4 Å². The maximum atomic E-state index is 12.2. The van der Waals surface area contributed by atoms with E-state index in [1.807, 2.05) is 0 Å². The molecule has 1 heterocycles. The number of ketones is 1. The van der Waals surface area contributed by atoms with Crippen LogP contribution in [0.4, 0.5) is 0 Å². The number of hydrogen-bond acceptors (Lipinski definition) is 2. The Balaban J connectivity index is 1.96. The second kappa shape index (κ2) is 4.80. The van der Waals surface area contributed by atoms with E-state index in [-0.39, 0.29) is 5.78 Å². The fraction of sp³-hybridized carbons (Fsp3) is 0.368. The number of aromatic nitrogens is 1. The molecule has 2 aliphatic rings. The van der Waals surface area contributed by atoms with Crippen LogP contribution in [0.15, 0.2) is 24.3 Å². The van der Waals surface area contributed by atoms with Gasteiger partial charge in [-0.15, -0.1) is 0 Å². The number of hydrogen-bond donors (Lipinski definition) is 0. The van der Waals surface area contributed by atoms with Crippen molar-refractivity contribution in [3.05, 3.63) is 52.3 Å². The van der Waals surface area contributed by atoms with Crippen LogP contribution >= 0.6 is 0 Å². The summed E-state index contributed by atoms with van der Waals surface area (Å²) in [6, 6.07) is 8.77. The Morgan fingerprint density at radius 2 is 1.62 bits per heavy atom. The first kappa shape index (κ1) is 12.8. The summed E-state index contributed by atoms with van der Waals surface area (Å²) in [7, 11) is 0. The van der Waals surface area contributed by atoms with Gasteiger partial charge in [0.1, 0.15) is 0 Å². The smallest absolute Gasteiger partial charge is 0.164 e. The molecule has 1 aromatic heterocycles. The van der Waals surface area contributed by atoms with E-state index in [0.29, 0.717) is 6.42 Å². The van der Waals surface area contributed by atoms with Gasteiger partial charge in [-0.25, -0.2) is 0 Å². The van der Waals surface area contributed by atoms with Gasteiger partial charge < -0.3 is 0 Å². The molecule has 2 heteroatoms. The Bertz CT molecular complexity index is 745. The molecular weight excluding hydrogens is 258 g/mol. The summed E-state index contributed by atoms with van der Waals surface area (Å²) in [5.41, 5.74) is 8.26. The highest BCUT2D eigenvalue weighted by Gasteiger charge is 2.23. The summed E-state index contributed by atoms with van der Waals surface area (Å²) in [6.07, 6.45) is 5.84. The molecule has 0 aliphatic heterocycles. The van der Waals surface area contributed by atoms with E-state index in [2.05, 4.69) is 31.2 Å². The van der Waals surface area contributed by atoms with E-state index in [9.17, 15) is 4.79 Å². The molecule has 0 fully saturated rings. The van der Waals surface area contributed by atoms with Crippen molar-refractivity contribution in [1.29, 1.82) is 0 Å². The molecular formula is C19H19NO. The van der Waals surface area contributed by atoms with Gasteiger partial charge in [0.2, 0.25) is 0 Å². The number of Topliss-reactive ketones (excluding diaryl/α,β-unsaturated/α-hetero) is 1. The monoisotopic (exact) mass is 277 g/mol. The van der Waals surface area contributed by atoms with Crippen molar-refractivity contribution in [2.75, 3.05) is 0 Å². The Morgan fingerprint density at radius 3 is 2.48 bits per heavy atom. The molecule has 0 N–H and O–H groups in total. The zero-order valence-electron chi connectivity index (χ0n) is 12.4. The molecule has 4 rings (SSSR count). The molecule has 0 spiro atoms.